The monoisotopic (exact) mass is 167 g/mol. The summed E-state index contributed by atoms with van der Waals surface area (Å²) >= 11 is 0. The highest BCUT2D eigenvalue weighted by molar-refractivity contribution is 5.83. The molecule has 0 saturated heterocycles. The molecule has 1 aromatic rings. The van der Waals surface area contributed by atoms with Crippen molar-refractivity contribution < 1.29 is 4.79 Å². The van der Waals surface area contributed by atoms with Crippen molar-refractivity contribution in [2.45, 2.75) is 26.2 Å². The number of nitrogen functional groups attached to an aromatic ring is 1. The zero-order valence-corrected chi connectivity index (χ0v) is 7.51. The molecule has 0 aliphatic carbocycles. The zero-order chi connectivity index (χ0) is 9.35. The summed E-state index contributed by atoms with van der Waals surface area (Å²) in [7, 11) is 0. The summed E-state index contributed by atoms with van der Waals surface area (Å²) in [6.45, 7) is 5.98. The minimum absolute atomic E-state index is 0.124. The van der Waals surface area contributed by atoms with E-state index in [1.807, 2.05) is 20.8 Å². The van der Waals surface area contributed by atoms with Gasteiger partial charge in [0.25, 0.3) is 0 Å². The summed E-state index contributed by atoms with van der Waals surface area (Å²) in [5, 5.41) is 6.53. The Kier molecular flexibility index (Phi) is 1.92. The summed E-state index contributed by atoms with van der Waals surface area (Å²) in [6.07, 6.45) is 0.736. The predicted molar refractivity (Wildman–Crippen MR) is 47.1 cm³/mol. The van der Waals surface area contributed by atoms with Gasteiger partial charge in [-0.2, -0.15) is 5.10 Å². The molecule has 12 heavy (non-hydrogen) atoms. The third kappa shape index (κ3) is 1.32. The zero-order valence-electron chi connectivity index (χ0n) is 7.51. The molecular weight excluding hydrogens is 154 g/mol. The Labute approximate surface area is 71.2 Å². The van der Waals surface area contributed by atoms with Gasteiger partial charge < -0.3 is 5.73 Å². The quantitative estimate of drug-likeness (QED) is 0.615. The Balaban J connectivity index is 3.25. The first-order valence-electron chi connectivity index (χ1n) is 3.76. The van der Waals surface area contributed by atoms with Gasteiger partial charge in [-0.05, 0) is 0 Å². The lowest BCUT2D eigenvalue weighted by Gasteiger charge is -2.16. The molecule has 0 aromatic carbocycles. The van der Waals surface area contributed by atoms with Crippen LogP contribution in [0.5, 0.6) is 0 Å². The molecule has 0 amide bonds. The number of anilines is 1. The molecule has 0 radical (unpaired) electrons. The van der Waals surface area contributed by atoms with Gasteiger partial charge in [0.05, 0.1) is 11.3 Å². The van der Waals surface area contributed by atoms with E-state index in [-0.39, 0.29) is 11.2 Å². The smallest absolute Gasteiger partial charge is 0.156 e. The van der Waals surface area contributed by atoms with Gasteiger partial charge in [0.15, 0.2) is 12.1 Å². The van der Waals surface area contributed by atoms with Crippen LogP contribution in [0.3, 0.4) is 0 Å². The predicted octanol–water partition coefficient (Wildman–Crippen LogP) is 1.10. The van der Waals surface area contributed by atoms with E-state index in [1.165, 1.54) is 0 Å². The third-order valence-corrected chi connectivity index (χ3v) is 1.70. The fraction of sp³-hybridized carbons (Fsp3) is 0.500. The van der Waals surface area contributed by atoms with Gasteiger partial charge in [-0.3, -0.25) is 9.89 Å². The molecule has 0 saturated carbocycles. The second-order valence-corrected chi connectivity index (χ2v) is 3.77. The van der Waals surface area contributed by atoms with Crippen molar-refractivity contribution in [2.75, 3.05) is 5.73 Å². The fourth-order valence-corrected chi connectivity index (χ4v) is 1.06. The van der Waals surface area contributed by atoms with Gasteiger partial charge >= 0.3 is 0 Å². The largest absolute Gasteiger partial charge is 0.382 e. The molecule has 4 nitrogen and oxygen atoms in total. The highest BCUT2D eigenvalue weighted by Gasteiger charge is 2.21. The summed E-state index contributed by atoms with van der Waals surface area (Å²) in [4.78, 5) is 10.6. The minimum Gasteiger partial charge on any atom is -0.382 e. The van der Waals surface area contributed by atoms with Crippen molar-refractivity contribution >= 4 is 12.1 Å². The van der Waals surface area contributed by atoms with E-state index in [4.69, 9.17) is 5.73 Å². The number of rotatable bonds is 1. The third-order valence-electron chi connectivity index (χ3n) is 1.70. The Hall–Kier alpha value is -1.32. The molecule has 0 aliphatic rings. The number of aldehydes is 1. The summed E-state index contributed by atoms with van der Waals surface area (Å²) in [5.74, 6) is 0.273. The van der Waals surface area contributed by atoms with E-state index in [0.29, 0.717) is 5.56 Å². The number of carbonyl (C=O) groups excluding carboxylic acids is 1. The maximum absolute atomic E-state index is 10.6. The molecule has 0 aliphatic heterocycles. The van der Waals surface area contributed by atoms with Crippen LogP contribution in [-0.4, -0.2) is 16.5 Å². The molecule has 0 fully saturated rings. The van der Waals surface area contributed by atoms with Gasteiger partial charge in [-0.1, -0.05) is 20.8 Å². The number of aromatic amines is 1. The highest BCUT2D eigenvalue weighted by Crippen LogP contribution is 2.25. The molecule has 1 aromatic heterocycles. The Bertz CT molecular complexity index is 296. The van der Waals surface area contributed by atoms with Crippen molar-refractivity contribution in [3.63, 3.8) is 0 Å². The number of aromatic nitrogens is 2. The van der Waals surface area contributed by atoms with E-state index in [1.54, 1.807) is 0 Å². The Morgan fingerprint density at radius 1 is 1.50 bits per heavy atom. The molecule has 3 N–H and O–H groups in total. The van der Waals surface area contributed by atoms with Gasteiger partial charge in [-0.25, -0.2) is 0 Å². The normalized spacial score (nSPS) is 11.6. The minimum atomic E-state index is -0.124. The number of nitrogens with one attached hydrogen (secondary N) is 1. The summed E-state index contributed by atoms with van der Waals surface area (Å²) in [5.41, 5.74) is 6.61. The van der Waals surface area contributed by atoms with Crippen LogP contribution in [0.25, 0.3) is 0 Å². The number of nitrogens with zero attached hydrogens (tertiary/aromatic N) is 1. The van der Waals surface area contributed by atoms with Crippen molar-refractivity contribution in [3.8, 4) is 0 Å². The number of carbonyl (C=O) groups is 1. The Morgan fingerprint density at radius 2 is 2.08 bits per heavy atom. The van der Waals surface area contributed by atoms with Gasteiger partial charge in [0.2, 0.25) is 0 Å². The molecule has 0 atom stereocenters. The van der Waals surface area contributed by atoms with E-state index < -0.39 is 0 Å². The highest BCUT2D eigenvalue weighted by atomic mass is 16.1. The lowest BCUT2D eigenvalue weighted by Crippen LogP contribution is -2.14. The number of H-pyrrole nitrogens is 1. The number of nitrogens with two attached hydrogens (primary N) is 1. The van der Waals surface area contributed by atoms with Crippen LogP contribution in [-0.2, 0) is 5.41 Å². The first-order chi connectivity index (χ1) is 5.46. The van der Waals surface area contributed by atoms with Crippen molar-refractivity contribution in [2.24, 2.45) is 0 Å². The molecule has 1 heterocycles. The number of hydrogen-bond acceptors (Lipinski definition) is 3. The average Bonchev–Trinajstić information content (AvgIpc) is 2.29. The van der Waals surface area contributed by atoms with E-state index >= 15 is 0 Å². The lowest BCUT2D eigenvalue weighted by atomic mass is 9.90. The average molecular weight is 167 g/mol. The maximum atomic E-state index is 10.6. The molecule has 0 bridgehead atoms. The number of hydrogen-bond donors (Lipinski definition) is 2. The SMILES string of the molecule is CC(C)(C)c1[nH]nc(N)c1C=O. The van der Waals surface area contributed by atoms with Crippen LogP contribution in [0, 0.1) is 0 Å². The van der Waals surface area contributed by atoms with Crippen molar-refractivity contribution in [1.82, 2.24) is 10.2 Å². The molecule has 1 rings (SSSR count). The van der Waals surface area contributed by atoms with Crippen LogP contribution in [0.2, 0.25) is 0 Å². The molecule has 66 valence electrons. The lowest BCUT2D eigenvalue weighted by molar-refractivity contribution is 0.112. The van der Waals surface area contributed by atoms with Crippen LogP contribution in [0.4, 0.5) is 5.82 Å². The Morgan fingerprint density at radius 3 is 2.42 bits per heavy atom. The van der Waals surface area contributed by atoms with E-state index in [2.05, 4.69) is 10.2 Å². The molecule has 4 heteroatoms. The first kappa shape index (κ1) is 8.77. The van der Waals surface area contributed by atoms with Gasteiger partial charge in [0, 0.05) is 5.41 Å². The first-order valence-corrected chi connectivity index (χ1v) is 3.76. The summed E-state index contributed by atoms with van der Waals surface area (Å²) < 4.78 is 0. The summed E-state index contributed by atoms with van der Waals surface area (Å²) in [6, 6.07) is 0. The fourth-order valence-electron chi connectivity index (χ4n) is 1.06. The maximum Gasteiger partial charge on any atom is 0.156 e. The molecule has 0 unspecified atom stereocenters. The van der Waals surface area contributed by atoms with Gasteiger partial charge in [-0.15, -0.1) is 0 Å². The van der Waals surface area contributed by atoms with Crippen LogP contribution >= 0.6 is 0 Å². The van der Waals surface area contributed by atoms with Crippen molar-refractivity contribution in [1.29, 1.82) is 0 Å². The molecular formula is C8H13N3O. The van der Waals surface area contributed by atoms with Crippen LogP contribution in [0.1, 0.15) is 36.8 Å². The standard InChI is InChI=1S/C8H13N3O/c1-8(2,3)6-5(4-12)7(9)11-10-6/h4H,1-3H3,(H3,9,10,11). The topological polar surface area (TPSA) is 71.8 Å². The van der Waals surface area contributed by atoms with Gasteiger partial charge in [0.1, 0.15) is 0 Å². The molecule has 0 spiro atoms. The van der Waals surface area contributed by atoms with E-state index in [0.717, 1.165) is 12.0 Å². The second kappa shape index (κ2) is 2.62. The van der Waals surface area contributed by atoms with Crippen molar-refractivity contribution in [3.05, 3.63) is 11.3 Å². The second-order valence-electron chi connectivity index (χ2n) is 3.77. The van der Waals surface area contributed by atoms with Crippen LogP contribution < -0.4 is 5.73 Å². The van der Waals surface area contributed by atoms with Crippen LogP contribution in [0.15, 0.2) is 0 Å². The van der Waals surface area contributed by atoms with E-state index in [9.17, 15) is 4.79 Å².